The molecule has 0 aliphatic heterocycles. The van der Waals surface area contributed by atoms with Crippen molar-refractivity contribution in [2.24, 2.45) is 0 Å². The van der Waals surface area contributed by atoms with Crippen molar-refractivity contribution in [3.8, 4) is 0 Å². The van der Waals surface area contributed by atoms with Crippen molar-refractivity contribution >= 4 is 39.3 Å². The summed E-state index contributed by atoms with van der Waals surface area (Å²) in [6.45, 7) is 0. The van der Waals surface area contributed by atoms with Crippen molar-refractivity contribution in [1.82, 2.24) is 20.8 Å². The summed E-state index contributed by atoms with van der Waals surface area (Å²) >= 11 is 9.14. The topological polar surface area (TPSA) is 84.0 Å². The zero-order valence-electron chi connectivity index (χ0n) is 9.93. The fraction of sp³-hybridized carbons (Fsp3) is 0. The van der Waals surface area contributed by atoms with Gasteiger partial charge in [0.05, 0.1) is 16.8 Å². The Morgan fingerprint density at radius 3 is 2.60 bits per heavy atom. The van der Waals surface area contributed by atoms with E-state index < -0.39 is 11.8 Å². The van der Waals surface area contributed by atoms with E-state index in [0.717, 1.165) is 0 Å². The average Bonchev–Trinajstić information content (AvgIpc) is 2.47. The number of halogens is 2. The van der Waals surface area contributed by atoms with Crippen molar-refractivity contribution in [2.75, 3.05) is 0 Å². The summed E-state index contributed by atoms with van der Waals surface area (Å²) in [6.07, 6.45) is 4.10. The number of carbonyl (C=O) groups is 2. The van der Waals surface area contributed by atoms with Gasteiger partial charge in [0.15, 0.2) is 0 Å². The van der Waals surface area contributed by atoms with Crippen LogP contribution < -0.4 is 10.9 Å². The van der Waals surface area contributed by atoms with E-state index in [9.17, 15) is 9.59 Å². The Bertz CT molecular complexity index is 651. The summed E-state index contributed by atoms with van der Waals surface area (Å²) in [5.41, 5.74) is 4.81. The lowest BCUT2D eigenvalue weighted by Crippen LogP contribution is -2.42. The molecule has 1 aromatic heterocycles. The maximum absolute atomic E-state index is 11.9. The summed E-state index contributed by atoms with van der Waals surface area (Å²) in [5, 5.41) is 0.277. The lowest BCUT2D eigenvalue weighted by Gasteiger charge is -2.08. The summed E-state index contributed by atoms with van der Waals surface area (Å²) in [4.78, 5) is 31.1. The first-order chi connectivity index (χ1) is 9.58. The second-order valence-corrected chi connectivity index (χ2v) is 4.95. The predicted molar refractivity (Wildman–Crippen MR) is 76.1 cm³/mol. The molecule has 0 bridgehead atoms. The second-order valence-electron chi connectivity index (χ2n) is 3.62. The number of hydrazine groups is 1. The quantitative estimate of drug-likeness (QED) is 0.807. The molecule has 0 fully saturated rings. The number of benzene rings is 1. The molecule has 0 saturated carbocycles. The van der Waals surface area contributed by atoms with Gasteiger partial charge >= 0.3 is 0 Å². The molecule has 0 aliphatic rings. The summed E-state index contributed by atoms with van der Waals surface area (Å²) in [5.74, 6) is -1.11. The fourth-order valence-corrected chi connectivity index (χ4v) is 1.90. The van der Waals surface area contributed by atoms with Gasteiger partial charge in [-0.05, 0) is 18.2 Å². The summed E-state index contributed by atoms with van der Waals surface area (Å²) in [7, 11) is 0. The maximum atomic E-state index is 11.9. The minimum atomic E-state index is -0.572. The van der Waals surface area contributed by atoms with Gasteiger partial charge in [-0.1, -0.05) is 27.5 Å². The Morgan fingerprint density at radius 1 is 1.15 bits per heavy atom. The standard InChI is InChI=1S/C12H8BrClN4O2/c13-7-1-2-9(14)8(5-7)11(19)17-18-12(20)10-6-15-3-4-16-10/h1-6H,(H,17,19)(H,18,20). The molecule has 0 atom stereocenters. The largest absolute Gasteiger partial charge is 0.289 e. The monoisotopic (exact) mass is 354 g/mol. The average molecular weight is 356 g/mol. The third-order valence-electron chi connectivity index (χ3n) is 2.26. The van der Waals surface area contributed by atoms with Gasteiger partial charge in [-0.3, -0.25) is 25.4 Å². The van der Waals surface area contributed by atoms with Gasteiger partial charge in [0, 0.05) is 16.9 Å². The molecule has 0 spiro atoms. The first-order valence-corrected chi connectivity index (χ1v) is 6.57. The number of hydrogen-bond donors (Lipinski definition) is 2. The Kier molecular flexibility index (Phi) is 4.65. The smallest absolute Gasteiger partial charge is 0.267 e. The van der Waals surface area contributed by atoms with Gasteiger partial charge in [-0.15, -0.1) is 0 Å². The number of nitrogens with zero attached hydrogens (tertiary/aromatic N) is 2. The molecular weight excluding hydrogens is 348 g/mol. The Hall–Kier alpha value is -1.99. The van der Waals surface area contributed by atoms with Crippen LogP contribution in [0.2, 0.25) is 5.02 Å². The summed E-state index contributed by atoms with van der Waals surface area (Å²) in [6, 6.07) is 4.83. The molecule has 8 heteroatoms. The molecular formula is C12H8BrClN4O2. The van der Waals surface area contributed by atoms with Crippen molar-refractivity contribution in [3.05, 3.63) is 57.5 Å². The maximum Gasteiger partial charge on any atom is 0.289 e. The Morgan fingerprint density at radius 2 is 1.90 bits per heavy atom. The molecule has 6 nitrogen and oxygen atoms in total. The van der Waals surface area contributed by atoms with Crippen molar-refractivity contribution < 1.29 is 9.59 Å². The minimum Gasteiger partial charge on any atom is -0.267 e. The zero-order valence-corrected chi connectivity index (χ0v) is 12.3. The van der Waals surface area contributed by atoms with E-state index in [1.165, 1.54) is 18.6 Å². The Labute approximate surface area is 127 Å². The first-order valence-electron chi connectivity index (χ1n) is 5.39. The van der Waals surface area contributed by atoms with Crippen LogP contribution in [0.3, 0.4) is 0 Å². The molecule has 0 saturated heterocycles. The highest BCUT2D eigenvalue weighted by Crippen LogP contribution is 2.20. The molecule has 1 aromatic carbocycles. The van der Waals surface area contributed by atoms with Gasteiger partial charge in [0.25, 0.3) is 11.8 Å². The van der Waals surface area contributed by atoms with Crippen LogP contribution in [0.1, 0.15) is 20.8 Å². The number of aromatic nitrogens is 2. The van der Waals surface area contributed by atoms with E-state index >= 15 is 0 Å². The molecule has 0 unspecified atom stereocenters. The SMILES string of the molecule is O=C(NNC(=O)c1cc(Br)ccc1Cl)c1cnccn1. The van der Waals surface area contributed by atoms with Crippen molar-refractivity contribution in [1.29, 1.82) is 0 Å². The van der Waals surface area contributed by atoms with Gasteiger partial charge in [-0.2, -0.15) is 0 Å². The van der Waals surface area contributed by atoms with Gasteiger partial charge in [0.2, 0.25) is 0 Å². The number of amides is 2. The number of rotatable bonds is 2. The highest BCUT2D eigenvalue weighted by Gasteiger charge is 2.13. The van der Waals surface area contributed by atoms with Crippen LogP contribution in [0.5, 0.6) is 0 Å². The lowest BCUT2D eigenvalue weighted by atomic mass is 10.2. The second kappa shape index (κ2) is 6.44. The van der Waals surface area contributed by atoms with Gasteiger partial charge in [0.1, 0.15) is 5.69 Å². The molecule has 2 N–H and O–H groups in total. The van der Waals surface area contributed by atoms with Crippen molar-refractivity contribution in [2.45, 2.75) is 0 Å². The van der Waals surface area contributed by atoms with Crippen LogP contribution in [0.25, 0.3) is 0 Å². The normalized spacial score (nSPS) is 9.90. The third-order valence-corrected chi connectivity index (χ3v) is 3.08. The van der Waals surface area contributed by atoms with Crippen LogP contribution in [-0.2, 0) is 0 Å². The molecule has 20 heavy (non-hydrogen) atoms. The molecule has 0 radical (unpaired) electrons. The third kappa shape index (κ3) is 3.52. The van der Waals surface area contributed by atoms with Crippen LogP contribution >= 0.6 is 27.5 Å². The summed E-state index contributed by atoms with van der Waals surface area (Å²) < 4.78 is 0.701. The molecule has 2 rings (SSSR count). The van der Waals surface area contributed by atoms with E-state index in [1.54, 1.807) is 18.2 Å². The molecule has 102 valence electrons. The van der Waals surface area contributed by atoms with Crippen molar-refractivity contribution in [3.63, 3.8) is 0 Å². The highest BCUT2D eigenvalue weighted by atomic mass is 79.9. The number of nitrogens with one attached hydrogen (secondary N) is 2. The van der Waals surface area contributed by atoms with E-state index in [2.05, 4.69) is 36.7 Å². The molecule has 0 aliphatic carbocycles. The van der Waals surface area contributed by atoms with E-state index in [-0.39, 0.29) is 16.3 Å². The Balaban J connectivity index is 2.02. The van der Waals surface area contributed by atoms with E-state index in [4.69, 9.17) is 11.6 Å². The van der Waals surface area contributed by atoms with Gasteiger partial charge < -0.3 is 0 Å². The van der Waals surface area contributed by atoms with Gasteiger partial charge in [-0.25, -0.2) is 4.98 Å². The lowest BCUT2D eigenvalue weighted by molar-refractivity contribution is 0.0843. The highest BCUT2D eigenvalue weighted by molar-refractivity contribution is 9.10. The molecule has 2 aromatic rings. The molecule has 1 heterocycles. The van der Waals surface area contributed by atoms with Crippen LogP contribution in [0.4, 0.5) is 0 Å². The number of carbonyl (C=O) groups excluding carboxylic acids is 2. The van der Waals surface area contributed by atoms with Crippen LogP contribution in [0.15, 0.2) is 41.3 Å². The van der Waals surface area contributed by atoms with Crippen LogP contribution in [-0.4, -0.2) is 21.8 Å². The van der Waals surface area contributed by atoms with E-state index in [1.807, 2.05) is 0 Å². The fourth-order valence-electron chi connectivity index (χ4n) is 1.33. The zero-order chi connectivity index (χ0) is 14.5. The number of hydrogen-bond acceptors (Lipinski definition) is 4. The first kappa shape index (κ1) is 14.4. The van der Waals surface area contributed by atoms with E-state index in [0.29, 0.717) is 4.47 Å². The minimum absolute atomic E-state index is 0.0909. The molecule has 2 amide bonds. The predicted octanol–water partition coefficient (Wildman–Crippen LogP) is 1.97. The van der Waals surface area contributed by atoms with Crippen LogP contribution in [0, 0.1) is 0 Å².